The van der Waals surface area contributed by atoms with Crippen LogP contribution in [0.15, 0.2) is 47.5 Å². The highest BCUT2D eigenvalue weighted by Gasteiger charge is 2.39. The minimum Gasteiger partial charge on any atom is -0.369 e. The molecule has 2 N–H and O–H groups in total. The smallest absolute Gasteiger partial charge is 0.369 e. The van der Waals surface area contributed by atoms with E-state index in [0.717, 1.165) is 30.7 Å². The standard InChI is InChI=1S/C26H23ClF3N5O3S/c27-18-5-4-16(20(10-18)26(28,29)30)12-35-21-6-3-15(8-17(21)11-32-35)9-22-24(37)34(25(38)39-22)13-19-2-1-7-33(19)14-23(31)36/h3-6,8-11,19H,1-2,7,12-14H2,(H2,31,36)/t19-/m0/s1. The number of halogens is 4. The zero-order chi connectivity index (χ0) is 27.9. The van der Waals surface area contributed by atoms with Crippen LogP contribution in [0.5, 0.6) is 0 Å². The van der Waals surface area contributed by atoms with Gasteiger partial charge in [0.25, 0.3) is 11.1 Å². The molecule has 0 saturated carbocycles. The molecule has 3 heterocycles. The van der Waals surface area contributed by atoms with Crippen molar-refractivity contribution in [1.82, 2.24) is 19.6 Å². The number of carbonyl (C=O) groups is 3. The van der Waals surface area contributed by atoms with E-state index < -0.39 is 23.6 Å². The topological polar surface area (TPSA) is 102 Å². The highest BCUT2D eigenvalue weighted by molar-refractivity contribution is 8.18. The predicted octanol–water partition coefficient (Wildman–Crippen LogP) is 4.74. The summed E-state index contributed by atoms with van der Waals surface area (Å²) in [6, 6.07) is 8.70. The van der Waals surface area contributed by atoms with Crippen molar-refractivity contribution in [2.75, 3.05) is 19.6 Å². The largest absolute Gasteiger partial charge is 0.416 e. The number of likely N-dealkylation sites (tertiary alicyclic amines) is 1. The van der Waals surface area contributed by atoms with E-state index in [1.54, 1.807) is 24.3 Å². The van der Waals surface area contributed by atoms with Crippen LogP contribution in [0, 0.1) is 0 Å². The van der Waals surface area contributed by atoms with Gasteiger partial charge in [-0.15, -0.1) is 0 Å². The van der Waals surface area contributed by atoms with Crippen molar-refractivity contribution in [2.45, 2.75) is 31.6 Å². The van der Waals surface area contributed by atoms with E-state index in [2.05, 4.69) is 5.10 Å². The molecule has 5 rings (SSSR count). The summed E-state index contributed by atoms with van der Waals surface area (Å²) >= 11 is 6.63. The summed E-state index contributed by atoms with van der Waals surface area (Å²) in [5.41, 5.74) is 5.79. The SMILES string of the molecule is NC(=O)CN1CCC[C@H]1CN1C(=O)SC(=Cc2ccc3c(cnn3Cc3ccc(Cl)cc3C(F)(F)F)c2)C1=O. The summed E-state index contributed by atoms with van der Waals surface area (Å²) in [5.74, 6) is -0.863. The van der Waals surface area contributed by atoms with Crippen LogP contribution in [0.1, 0.15) is 29.5 Å². The number of nitrogens with two attached hydrogens (primary N) is 1. The molecule has 2 saturated heterocycles. The molecule has 39 heavy (non-hydrogen) atoms. The quantitative estimate of drug-likeness (QED) is 0.407. The van der Waals surface area contributed by atoms with Crippen LogP contribution in [0.4, 0.5) is 18.0 Å². The number of aromatic nitrogens is 2. The predicted molar refractivity (Wildman–Crippen MR) is 142 cm³/mol. The third-order valence-corrected chi connectivity index (χ3v) is 7.93. The molecule has 2 aliphatic heterocycles. The first-order chi connectivity index (χ1) is 18.5. The lowest BCUT2D eigenvalue weighted by molar-refractivity contribution is -0.138. The summed E-state index contributed by atoms with van der Waals surface area (Å²) in [7, 11) is 0. The van der Waals surface area contributed by atoms with E-state index in [1.165, 1.54) is 27.9 Å². The Morgan fingerprint density at radius 3 is 2.74 bits per heavy atom. The number of carbonyl (C=O) groups excluding carboxylic acids is 3. The van der Waals surface area contributed by atoms with Gasteiger partial charge in [0.15, 0.2) is 0 Å². The summed E-state index contributed by atoms with van der Waals surface area (Å²) in [6.45, 7) is 0.844. The first-order valence-electron chi connectivity index (χ1n) is 12.1. The molecule has 0 bridgehead atoms. The van der Waals surface area contributed by atoms with Crippen molar-refractivity contribution >= 4 is 57.4 Å². The van der Waals surface area contributed by atoms with Gasteiger partial charge in [-0.1, -0.05) is 23.7 Å². The van der Waals surface area contributed by atoms with Crippen molar-refractivity contribution in [3.05, 3.63) is 69.2 Å². The van der Waals surface area contributed by atoms with Crippen LogP contribution in [0.3, 0.4) is 0 Å². The molecule has 3 amide bonds. The molecule has 13 heteroatoms. The van der Waals surface area contributed by atoms with Crippen molar-refractivity contribution in [3.8, 4) is 0 Å². The second kappa shape index (κ2) is 10.7. The lowest BCUT2D eigenvalue weighted by Crippen LogP contribution is -2.45. The van der Waals surface area contributed by atoms with Crippen LogP contribution in [-0.4, -0.2) is 62.3 Å². The number of hydrogen-bond acceptors (Lipinski definition) is 6. The Morgan fingerprint density at radius 2 is 2.00 bits per heavy atom. The maximum Gasteiger partial charge on any atom is 0.416 e. The number of imide groups is 1. The highest BCUT2D eigenvalue weighted by Crippen LogP contribution is 2.36. The number of rotatable bonds is 7. The van der Waals surface area contributed by atoms with Crippen molar-refractivity contribution in [3.63, 3.8) is 0 Å². The molecule has 0 aliphatic carbocycles. The fourth-order valence-electron chi connectivity index (χ4n) is 4.96. The second-order valence-corrected chi connectivity index (χ2v) is 10.9. The Morgan fingerprint density at radius 1 is 1.21 bits per heavy atom. The fourth-order valence-corrected chi connectivity index (χ4v) is 5.98. The van der Waals surface area contributed by atoms with E-state index in [1.807, 2.05) is 4.90 Å². The van der Waals surface area contributed by atoms with Crippen LogP contribution >= 0.6 is 23.4 Å². The molecular formula is C26H23ClF3N5O3S. The van der Waals surface area contributed by atoms with Gasteiger partial charge in [-0.25, -0.2) is 0 Å². The summed E-state index contributed by atoms with van der Waals surface area (Å²) in [4.78, 5) is 40.4. The molecule has 0 unspecified atom stereocenters. The number of alkyl halides is 3. The van der Waals surface area contributed by atoms with Crippen LogP contribution in [0.2, 0.25) is 5.02 Å². The minimum atomic E-state index is -4.56. The number of nitrogens with zero attached hydrogens (tertiary/aromatic N) is 4. The number of amides is 3. The normalized spacial score (nSPS) is 19.6. The van der Waals surface area contributed by atoms with E-state index in [0.29, 0.717) is 23.0 Å². The van der Waals surface area contributed by atoms with Crippen molar-refractivity contribution < 1.29 is 27.6 Å². The first-order valence-corrected chi connectivity index (χ1v) is 13.3. The molecule has 2 aliphatic rings. The first kappa shape index (κ1) is 27.2. The maximum absolute atomic E-state index is 13.5. The molecule has 204 valence electrons. The van der Waals surface area contributed by atoms with Crippen LogP contribution in [-0.2, 0) is 22.3 Å². The third-order valence-electron chi connectivity index (χ3n) is 6.79. The minimum absolute atomic E-state index is 0.00307. The number of thioether (sulfide) groups is 1. The Kier molecular flexibility index (Phi) is 7.45. The van der Waals surface area contributed by atoms with Gasteiger partial charge in [0, 0.05) is 23.0 Å². The molecule has 3 aromatic rings. The molecule has 1 atom stereocenters. The van der Waals surface area contributed by atoms with E-state index in [-0.39, 0.29) is 46.4 Å². The fraction of sp³-hybridized carbons (Fsp3) is 0.308. The lowest BCUT2D eigenvalue weighted by atomic mass is 10.1. The Hall–Kier alpha value is -3.35. The van der Waals surface area contributed by atoms with Crippen LogP contribution < -0.4 is 5.73 Å². The van der Waals surface area contributed by atoms with Gasteiger partial charge < -0.3 is 5.73 Å². The van der Waals surface area contributed by atoms with Crippen LogP contribution in [0.25, 0.3) is 17.0 Å². The van der Waals surface area contributed by atoms with Gasteiger partial charge in [0.2, 0.25) is 5.91 Å². The summed E-state index contributed by atoms with van der Waals surface area (Å²) in [5, 5.41) is 4.54. The van der Waals surface area contributed by atoms with E-state index in [9.17, 15) is 27.6 Å². The van der Waals surface area contributed by atoms with Gasteiger partial charge in [-0.2, -0.15) is 18.3 Å². The average Bonchev–Trinajstić information content (AvgIpc) is 3.54. The number of benzene rings is 2. The monoisotopic (exact) mass is 577 g/mol. The van der Waals surface area contributed by atoms with Crippen molar-refractivity contribution in [2.24, 2.45) is 5.73 Å². The number of primary amides is 1. The molecule has 2 aromatic carbocycles. The van der Waals surface area contributed by atoms with Gasteiger partial charge in [0.1, 0.15) is 0 Å². The number of fused-ring (bicyclic) bond motifs is 1. The maximum atomic E-state index is 13.5. The second-order valence-electron chi connectivity index (χ2n) is 9.44. The molecule has 8 nitrogen and oxygen atoms in total. The highest BCUT2D eigenvalue weighted by atomic mass is 35.5. The Bertz CT molecular complexity index is 1510. The van der Waals surface area contributed by atoms with Gasteiger partial charge in [-0.05, 0) is 72.6 Å². The average molecular weight is 578 g/mol. The zero-order valence-electron chi connectivity index (χ0n) is 20.4. The van der Waals surface area contributed by atoms with Gasteiger partial charge >= 0.3 is 6.18 Å². The van der Waals surface area contributed by atoms with Gasteiger partial charge in [0.05, 0.1) is 35.3 Å². The molecule has 1 aromatic heterocycles. The number of hydrogen-bond donors (Lipinski definition) is 1. The van der Waals surface area contributed by atoms with E-state index in [4.69, 9.17) is 17.3 Å². The Labute approximate surface area is 230 Å². The molecule has 0 spiro atoms. The molecular weight excluding hydrogens is 555 g/mol. The molecule has 2 fully saturated rings. The third kappa shape index (κ3) is 5.82. The summed E-state index contributed by atoms with van der Waals surface area (Å²) < 4.78 is 42.0. The Balaban J connectivity index is 1.34. The molecule has 0 radical (unpaired) electrons. The zero-order valence-corrected chi connectivity index (χ0v) is 22.0. The lowest BCUT2D eigenvalue weighted by Gasteiger charge is -2.26. The van der Waals surface area contributed by atoms with Crippen molar-refractivity contribution in [1.29, 1.82) is 0 Å². The van der Waals surface area contributed by atoms with E-state index >= 15 is 0 Å². The summed E-state index contributed by atoms with van der Waals surface area (Å²) in [6.07, 6.45) is 0.202. The van der Waals surface area contributed by atoms with Gasteiger partial charge in [-0.3, -0.25) is 28.9 Å².